The number of carbonyl (C=O) groups is 8. The highest BCUT2D eigenvalue weighted by Crippen LogP contribution is 2.23. The Morgan fingerprint density at radius 3 is 1.82 bits per heavy atom. The molecule has 2 N–H and O–H groups in total. The third-order valence-electron chi connectivity index (χ3n) is 7.71. The van der Waals surface area contributed by atoms with E-state index in [4.69, 9.17) is 18.9 Å². The molecule has 0 heterocycles. The Labute approximate surface area is 303 Å². The van der Waals surface area contributed by atoms with Gasteiger partial charge < -0.3 is 34.4 Å². The molecule has 0 aromatic heterocycles. The molecule has 3 unspecified atom stereocenters. The fourth-order valence-electron chi connectivity index (χ4n) is 5.15. The van der Waals surface area contributed by atoms with Crippen molar-refractivity contribution in [1.29, 1.82) is 0 Å². The molecule has 0 aromatic carbocycles. The number of alkyl carbamates (subject to hydrolysis) is 1. The van der Waals surface area contributed by atoms with Crippen LogP contribution in [-0.2, 0) is 52.5 Å². The van der Waals surface area contributed by atoms with Crippen molar-refractivity contribution in [3.05, 3.63) is 0 Å². The SMILES string of the molecule is CCOC(=O)CCC(CC(=O)C(CCC(=O)NC(CCC(C)=O)C(=O)OCC)CC(=O)CCCCCCCNC(=O)OC(C)(C)C)C(=O)OCC. The fraction of sp³-hybridized carbons (Fsp3) is 0.784. The minimum Gasteiger partial charge on any atom is -0.466 e. The van der Waals surface area contributed by atoms with Crippen LogP contribution in [0.25, 0.3) is 0 Å². The Morgan fingerprint density at radius 1 is 0.627 bits per heavy atom. The van der Waals surface area contributed by atoms with Crippen molar-refractivity contribution in [3.63, 3.8) is 0 Å². The maximum atomic E-state index is 13.6. The van der Waals surface area contributed by atoms with Gasteiger partial charge in [-0.2, -0.15) is 0 Å². The molecule has 0 rings (SSSR count). The van der Waals surface area contributed by atoms with E-state index in [1.165, 1.54) is 6.92 Å². The summed E-state index contributed by atoms with van der Waals surface area (Å²) in [6, 6.07) is -1.04. The number of ketones is 3. The molecule has 0 aliphatic heterocycles. The van der Waals surface area contributed by atoms with Crippen LogP contribution >= 0.6 is 0 Å². The summed E-state index contributed by atoms with van der Waals surface area (Å²) in [6.45, 7) is 12.5. The summed E-state index contributed by atoms with van der Waals surface area (Å²) in [5, 5.41) is 5.30. The Morgan fingerprint density at radius 2 is 1.22 bits per heavy atom. The number of unbranched alkanes of at least 4 members (excludes halogenated alkanes) is 4. The van der Waals surface area contributed by atoms with Gasteiger partial charge in [-0.3, -0.25) is 24.0 Å². The molecule has 0 aromatic rings. The molecule has 2 amide bonds. The quantitative estimate of drug-likeness (QED) is 0.0615. The van der Waals surface area contributed by atoms with Gasteiger partial charge >= 0.3 is 24.0 Å². The van der Waals surface area contributed by atoms with E-state index < -0.39 is 59.2 Å². The average molecular weight is 727 g/mol. The van der Waals surface area contributed by atoms with Gasteiger partial charge in [-0.1, -0.05) is 19.3 Å². The van der Waals surface area contributed by atoms with Crippen LogP contribution in [0.2, 0.25) is 0 Å². The zero-order chi connectivity index (χ0) is 38.8. The van der Waals surface area contributed by atoms with Gasteiger partial charge in [0.05, 0.1) is 25.7 Å². The predicted molar refractivity (Wildman–Crippen MR) is 188 cm³/mol. The number of rotatable bonds is 28. The van der Waals surface area contributed by atoms with Crippen molar-refractivity contribution in [2.24, 2.45) is 11.8 Å². The van der Waals surface area contributed by atoms with Gasteiger partial charge in [0.15, 0.2) is 0 Å². The van der Waals surface area contributed by atoms with Crippen LogP contribution in [0.4, 0.5) is 4.79 Å². The second-order valence-electron chi connectivity index (χ2n) is 13.5. The summed E-state index contributed by atoms with van der Waals surface area (Å²) in [5.74, 6) is -4.92. The van der Waals surface area contributed by atoms with E-state index in [9.17, 15) is 38.4 Å². The van der Waals surface area contributed by atoms with Gasteiger partial charge in [-0.05, 0) is 80.6 Å². The first-order valence-electron chi connectivity index (χ1n) is 18.3. The van der Waals surface area contributed by atoms with Gasteiger partial charge in [0.25, 0.3) is 0 Å². The maximum absolute atomic E-state index is 13.6. The van der Waals surface area contributed by atoms with Crippen molar-refractivity contribution in [2.45, 2.75) is 150 Å². The third kappa shape index (κ3) is 24.9. The monoisotopic (exact) mass is 726 g/mol. The van der Waals surface area contributed by atoms with Gasteiger partial charge in [0, 0.05) is 51.0 Å². The lowest BCUT2D eigenvalue weighted by atomic mass is 9.85. The summed E-state index contributed by atoms with van der Waals surface area (Å²) < 4.78 is 20.3. The van der Waals surface area contributed by atoms with Crippen LogP contribution in [0, 0.1) is 11.8 Å². The Bertz CT molecular complexity index is 1130. The van der Waals surface area contributed by atoms with Crippen molar-refractivity contribution in [1.82, 2.24) is 10.6 Å². The van der Waals surface area contributed by atoms with Crippen molar-refractivity contribution < 1.29 is 57.3 Å². The standard InChI is InChI=1S/C37H62N2O12/c1-8-48-33(44)22-19-28(34(45)49-9-2)25-31(42)27(18-21-32(43)39-30(20-17-26(4)40)35(46)50-10-3)24-29(41)16-14-12-11-13-15-23-38-36(47)51-37(5,6)7/h27-28,30H,8-25H2,1-7H3,(H,38,47)(H,39,43). The second-order valence-corrected chi connectivity index (χ2v) is 13.5. The number of ether oxygens (including phenoxy) is 4. The van der Waals surface area contributed by atoms with Gasteiger partial charge in [0.1, 0.15) is 29.0 Å². The highest BCUT2D eigenvalue weighted by molar-refractivity contribution is 5.91. The normalized spacial score (nSPS) is 12.8. The van der Waals surface area contributed by atoms with E-state index in [0.717, 1.165) is 25.7 Å². The van der Waals surface area contributed by atoms with Crippen LogP contribution in [0.1, 0.15) is 138 Å². The fourth-order valence-corrected chi connectivity index (χ4v) is 5.15. The number of hydrogen-bond donors (Lipinski definition) is 2. The largest absolute Gasteiger partial charge is 0.466 e. The van der Waals surface area contributed by atoms with Crippen LogP contribution in [0.15, 0.2) is 0 Å². The Hall–Kier alpha value is -3.84. The summed E-state index contributed by atoms with van der Waals surface area (Å²) >= 11 is 0. The van der Waals surface area contributed by atoms with Gasteiger partial charge in [-0.15, -0.1) is 0 Å². The maximum Gasteiger partial charge on any atom is 0.407 e. The number of hydrogen-bond acceptors (Lipinski definition) is 12. The number of esters is 3. The first-order chi connectivity index (χ1) is 24.0. The second kappa shape index (κ2) is 26.9. The zero-order valence-corrected chi connectivity index (χ0v) is 31.9. The van der Waals surface area contributed by atoms with E-state index >= 15 is 0 Å². The van der Waals surface area contributed by atoms with E-state index in [1.807, 2.05) is 0 Å². The molecule has 14 nitrogen and oxygen atoms in total. The molecule has 0 saturated carbocycles. The summed E-state index contributed by atoms with van der Waals surface area (Å²) in [7, 11) is 0. The number of Topliss-reactive ketones (excluding diaryl/α,β-unsaturated/α-hetero) is 3. The molecule has 0 spiro atoms. The van der Waals surface area contributed by atoms with Crippen molar-refractivity contribution in [3.8, 4) is 0 Å². The lowest BCUT2D eigenvalue weighted by Gasteiger charge is -2.20. The molecule has 0 radical (unpaired) electrons. The molecule has 0 aliphatic rings. The smallest absolute Gasteiger partial charge is 0.407 e. The summed E-state index contributed by atoms with van der Waals surface area (Å²) in [4.78, 5) is 100.0. The van der Waals surface area contributed by atoms with E-state index in [0.29, 0.717) is 13.0 Å². The molecule has 0 bridgehead atoms. The minimum atomic E-state index is -1.04. The van der Waals surface area contributed by atoms with Crippen LogP contribution in [0.3, 0.4) is 0 Å². The van der Waals surface area contributed by atoms with E-state index in [2.05, 4.69) is 10.6 Å². The first-order valence-corrected chi connectivity index (χ1v) is 18.3. The Kier molecular flexibility index (Phi) is 24.9. The molecule has 0 saturated heterocycles. The van der Waals surface area contributed by atoms with Crippen LogP contribution in [0.5, 0.6) is 0 Å². The molecule has 0 aliphatic carbocycles. The molecule has 14 heteroatoms. The lowest BCUT2D eigenvalue weighted by molar-refractivity contribution is -0.151. The predicted octanol–water partition coefficient (Wildman–Crippen LogP) is 5.11. The van der Waals surface area contributed by atoms with Crippen molar-refractivity contribution >= 4 is 47.3 Å². The van der Waals surface area contributed by atoms with Crippen LogP contribution < -0.4 is 10.6 Å². The zero-order valence-electron chi connectivity index (χ0n) is 31.9. The molecule has 51 heavy (non-hydrogen) atoms. The number of amides is 2. The van der Waals surface area contributed by atoms with Gasteiger partial charge in [-0.25, -0.2) is 9.59 Å². The highest BCUT2D eigenvalue weighted by atomic mass is 16.6. The Balaban J connectivity index is 5.43. The molecule has 292 valence electrons. The van der Waals surface area contributed by atoms with E-state index in [-0.39, 0.29) is 89.2 Å². The molecular weight excluding hydrogens is 664 g/mol. The van der Waals surface area contributed by atoms with Crippen molar-refractivity contribution in [2.75, 3.05) is 26.4 Å². The molecule has 0 fully saturated rings. The highest BCUT2D eigenvalue weighted by Gasteiger charge is 2.30. The molecular formula is C37H62N2O12. The number of carbonyl (C=O) groups excluding carboxylic acids is 8. The number of nitrogens with one attached hydrogen (secondary N) is 2. The summed E-state index contributed by atoms with van der Waals surface area (Å²) in [6.07, 6.45) is 3.01. The van der Waals surface area contributed by atoms with Gasteiger partial charge in [0.2, 0.25) is 5.91 Å². The molecule has 3 atom stereocenters. The third-order valence-corrected chi connectivity index (χ3v) is 7.71. The topological polar surface area (TPSA) is 198 Å². The first kappa shape index (κ1) is 47.2. The van der Waals surface area contributed by atoms with E-state index in [1.54, 1.807) is 41.5 Å². The van der Waals surface area contributed by atoms with Crippen LogP contribution in [-0.4, -0.2) is 85.3 Å². The lowest BCUT2D eigenvalue weighted by Crippen LogP contribution is -2.42. The summed E-state index contributed by atoms with van der Waals surface area (Å²) in [5.41, 5.74) is -0.566. The minimum absolute atomic E-state index is 0.0171. The average Bonchev–Trinajstić information content (AvgIpc) is 3.03.